The SMILES string of the molecule is CCNC(=O)c1ccc(N)c(Sc2nc(CC)ns2)c1. The standard InChI is InChI=1S/C13H16N4OS2/c1-3-11-16-13(20-17-11)19-10-7-8(5-6-9(10)14)12(18)15-4-2/h5-7H,3-4,14H2,1-2H3,(H,15,18). The van der Waals surface area contributed by atoms with Crippen LogP contribution in [-0.4, -0.2) is 21.8 Å². The van der Waals surface area contributed by atoms with Crippen molar-refractivity contribution in [1.29, 1.82) is 0 Å². The van der Waals surface area contributed by atoms with Crippen LogP contribution in [0.25, 0.3) is 0 Å². The zero-order valence-electron chi connectivity index (χ0n) is 11.3. The van der Waals surface area contributed by atoms with Crippen LogP contribution in [-0.2, 0) is 6.42 Å². The third-order valence-electron chi connectivity index (χ3n) is 2.58. The lowest BCUT2D eigenvalue weighted by Gasteiger charge is -2.06. The summed E-state index contributed by atoms with van der Waals surface area (Å²) in [5.74, 6) is 0.733. The minimum Gasteiger partial charge on any atom is -0.398 e. The summed E-state index contributed by atoms with van der Waals surface area (Å²) in [6, 6.07) is 5.26. The minimum atomic E-state index is -0.0964. The second kappa shape index (κ2) is 6.71. The van der Waals surface area contributed by atoms with E-state index in [4.69, 9.17) is 5.73 Å². The van der Waals surface area contributed by atoms with Crippen molar-refractivity contribution in [3.05, 3.63) is 29.6 Å². The van der Waals surface area contributed by atoms with E-state index >= 15 is 0 Å². The number of aromatic nitrogens is 2. The number of carbonyl (C=O) groups is 1. The first-order valence-corrected chi connectivity index (χ1v) is 7.91. The van der Waals surface area contributed by atoms with Gasteiger partial charge < -0.3 is 11.1 Å². The first-order chi connectivity index (χ1) is 9.63. The fourth-order valence-electron chi connectivity index (χ4n) is 1.54. The van der Waals surface area contributed by atoms with Crippen LogP contribution in [0.1, 0.15) is 30.0 Å². The van der Waals surface area contributed by atoms with Gasteiger partial charge in [-0.05, 0) is 36.7 Å². The van der Waals surface area contributed by atoms with E-state index < -0.39 is 0 Å². The monoisotopic (exact) mass is 308 g/mol. The number of anilines is 1. The molecule has 0 spiro atoms. The van der Waals surface area contributed by atoms with E-state index in [9.17, 15) is 4.79 Å². The second-order valence-corrected chi connectivity index (χ2v) is 6.09. The molecule has 1 aromatic heterocycles. The number of aryl methyl sites for hydroxylation is 1. The lowest BCUT2D eigenvalue weighted by atomic mass is 10.2. The van der Waals surface area contributed by atoms with E-state index in [1.807, 2.05) is 13.8 Å². The molecule has 0 unspecified atom stereocenters. The van der Waals surface area contributed by atoms with Crippen molar-refractivity contribution in [2.24, 2.45) is 0 Å². The lowest BCUT2D eigenvalue weighted by molar-refractivity contribution is 0.0955. The molecule has 0 bridgehead atoms. The molecule has 0 aliphatic heterocycles. The van der Waals surface area contributed by atoms with Crippen molar-refractivity contribution >= 4 is 34.9 Å². The molecular formula is C13H16N4OS2. The second-order valence-electron chi connectivity index (χ2n) is 4.04. The van der Waals surface area contributed by atoms with Crippen molar-refractivity contribution in [1.82, 2.24) is 14.7 Å². The van der Waals surface area contributed by atoms with Crippen LogP contribution < -0.4 is 11.1 Å². The van der Waals surface area contributed by atoms with Gasteiger partial charge in [0.05, 0.1) is 0 Å². The molecule has 3 N–H and O–H groups in total. The molecule has 2 rings (SSSR count). The Morgan fingerprint density at radius 2 is 2.25 bits per heavy atom. The topological polar surface area (TPSA) is 80.9 Å². The predicted molar refractivity (Wildman–Crippen MR) is 82.3 cm³/mol. The first-order valence-electron chi connectivity index (χ1n) is 6.32. The summed E-state index contributed by atoms with van der Waals surface area (Å²) in [7, 11) is 0. The molecule has 20 heavy (non-hydrogen) atoms. The number of rotatable bonds is 5. The Morgan fingerprint density at radius 3 is 2.90 bits per heavy atom. The summed E-state index contributed by atoms with van der Waals surface area (Å²) in [5, 5.41) is 2.77. The number of nitrogens with one attached hydrogen (secondary N) is 1. The van der Waals surface area contributed by atoms with E-state index in [2.05, 4.69) is 14.7 Å². The number of amides is 1. The Hall–Kier alpha value is -1.60. The number of nitrogens with zero attached hydrogens (tertiary/aromatic N) is 2. The number of carbonyl (C=O) groups excluding carboxylic acids is 1. The van der Waals surface area contributed by atoms with Crippen LogP contribution in [0.2, 0.25) is 0 Å². The number of nitrogen functional groups attached to an aromatic ring is 1. The van der Waals surface area contributed by atoms with Crippen LogP contribution in [0.3, 0.4) is 0 Å². The fraction of sp³-hybridized carbons (Fsp3) is 0.308. The van der Waals surface area contributed by atoms with Gasteiger partial charge in [-0.2, -0.15) is 4.37 Å². The lowest BCUT2D eigenvalue weighted by Crippen LogP contribution is -2.22. The van der Waals surface area contributed by atoms with Gasteiger partial charge in [-0.15, -0.1) is 0 Å². The Morgan fingerprint density at radius 1 is 1.45 bits per heavy atom. The van der Waals surface area contributed by atoms with Crippen LogP contribution >= 0.6 is 23.3 Å². The Balaban J connectivity index is 2.22. The highest BCUT2D eigenvalue weighted by atomic mass is 32.2. The van der Waals surface area contributed by atoms with Crippen molar-refractivity contribution in [2.45, 2.75) is 29.5 Å². The summed E-state index contributed by atoms with van der Waals surface area (Å²) in [6.07, 6.45) is 0.811. The molecule has 2 aromatic rings. The number of benzene rings is 1. The largest absolute Gasteiger partial charge is 0.398 e. The molecule has 106 valence electrons. The third-order valence-corrected chi connectivity index (χ3v) is 4.44. The van der Waals surface area contributed by atoms with Gasteiger partial charge in [0.25, 0.3) is 5.91 Å². The molecule has 0 saturated carbocycles. The maximum absolute atomic E-state index is 11.8. The van der Waals surface area contributed by atoms with Crippen LogP contribution in [0.15, 0.2) is 27.4 Å². The van der Waals surface area contributed by atoms with E-state index in [-0.39, 0.29) is 5.91 Å². The first kappa shape index (κ1) is 14.8. The summed E-state index contributed by atoms with van der Waals surface area (Å²) < 4.78 is 5.07. The van der Waals surface area contributed by atoms with Crippen LogP contribution in [0, 0.1) is 0 Å². The Labute approximate surface area is 126 Å². The van der Waals surface area contributed by atoms with E-state index in [0.717, 1.165) is 21.5 Å². The van der Waals surface area contributed by atoms with Crippen LogP contribution in [0.4, 0.5) is 5.69 Å². The van der Waals surface area contributed by atoms with Gasteiger partial charge in [-0.3, -0.25) is 4.79 Å². The van der Waals surface area contributed by atoms with Crippen molar-refractivity contribution in [3.8, 4) is 0 Å². The van der Waals surface area contributed by atoms with Crippen LogP contribution in [0.5, 0.6) is 0 Å². The highest BCUT2D eigenvalue weighted by molar-refractivity contribution is 8.01. The van der Waals surface area contributed by atoms with Gasteiger partial charge in [0, 0.05) is 29.1 Å². The average Bonchev–Trinajstić information content (AvgIpc) is 2.89. The molecular weight excluding hydrogens is 292 g/mol. The molecule has 0 fully saturated rings. The maximum Gasteiger partial charge on any atom is 0.251 e. The van der Waals surface area contributed by atoms with Gasteiger partial charge >= 0.3 is 0 Å². The molecule has 1 amide bonds. The smallest absolute Gasteiger partial charge is 0.251 e. The normalized spacial score (nSPS) is 10.5. The highest BCUT2D eigenvalue weighted by Crippen LogP contribution is 2.33. The third kappa shape index (κ3) is 3.49. The molecule has 0 atom stereocenters. The molecule has 0 radical (unpaired) electrons. The van der Waals surface area contributed by atoms with E-state index in [1.165, 1.54) is 23.3 Å². The average molecular weight is 308 g/mol. The van der Waals surface area contributed by atoms with Gasteiger partial charge in [-0.25, -0.2) is 4.98 Å². The van der Waals surface area contributed by atoms with Gasteiger partial charge in [0.15, 0.2) is 4.34 Å². The highest BCUT2D eigenvalue weighted by Gasteiger charge is 2.11. The number of hydrogen-bond donors (Lipinski definition) is 2. The zero-order valence-corrected chi connectivity index (χ0v) is 13.0. The molecule has 0 aliphatic rings. The molecule has 5 nitrogen and oxygen atoms in total. The zero-order chi connectivity index (χ0) is 14.5. The van der Waals surface area contributed by atoms with Gasteiger partial charge in [-0.1, -0.05) is 18.7 Å². The van der Waals surface area contributed by atoms with Gasteiger partial charge in [0.2, 0.25) is 0 Å². The molecule has 0 aliphatic carbocycles. The Bertz CT molecular complexity index is 612. The van der Waals surface area contributed by atoms with Crippen molar-refractivity contribution in [2.75, 3.05) is 12.3 Å². The molecule has 7 heteroatoms. The van der Waals surface area contributed by atoms with Gasteiger partial charge in [0.1, 0.15) is 5.82 Å². The summed E-state index contributed by atoms with van der Waals surface area (Å²) in [6.45, 7) is 4.50. The fourth-order valence-corrected chi connectivity index (χ4v) is 3.28. The summed E-state index contributed by atoms with van der Waals surface area (Å²) in [5.41, 5.74) is 7.19. The molecule has 1 aromatic carbocycles. The number of nitrogens with two attached hydrogens (primary N) is 1. The van der Waals surface area contributed by atoms with E-state index in [0.29, 0.717) is 17.8 Å². The summed E-state index contributed by atoms with van der Waals surface area (Å²) in [4.78, 5) is 17.0. The molecule has 1 heterocycles. The quantitative estimate of drug-likeness (QED) is 0.830. The summed E-state index contributed by atoms with van der Waals surface area (Å²) >= 11 is 2.79. The predicted octanol–water partition coefficient (Wildman–Crippen LogP) is 2.58. The maximum atomic E-state index is 11.8. The Kier molecular flexibility index (Phi) is 4.97. The van der Waals surface area contributed by atoms with E-state index in [1.54, 1.807) is 18.2 Å². The number of hydrogen-bond acceptors (Lipinski definition) is 6. The molecule has 0 saturated heterocycles. The van der Waals surface area contributed by atoms with Crippen molar-refractivity contribution in [3.63, 3.8) is 0 Å². The van der Waals surface area contributed by atoms with Crippen molar-refractivity contribution < 1.29 is 4.79 Å². The minimum absolute atomic E-state index is 0.0964.